The molecule has 1 amide bonds. The molecule has 1 fully saturated rings. The highest BCUT2D eigenvalue weighted by Gasteiger charge is 2.28. The van der Waals surface area contributed by atoms with Gasteiger partial charge in [0.15, 0.2) is 0 Å². The lowest BCUT2D eigenvalue weighted by molar-refractivity contribution is -0.385. The number of nitrogens with zero attached hydrogens (tertiary/aromatic N) is 2. The van der Waals surface area contributed by atoms with Crippen molar-refractivity contribution in [3.05, 3.63) is 75.6 Å². The zero-order valence-corrected chi connectivity index (χ0v) is 13.7. The third kappa shape index (κ3) is 3.84. The Morgan fingerprint density at radius 1 is 1.12 bits per heavy atom. The van der Waals surface area contributed by atoms with E-state index in [0.29, 0.717) is 13.1 Å². The van der Waals surface area contributed by atoms with E-state index in [2.05, 4.69) is 0 Å². The van der Waals surface area contributed by atoms with Gasteiger partial charge in [-0.05, 0) is 36.6 Å². The van der Waals surface area contributed by atoms with Gasteiger partial charge >= 0.3 is 0 Å². The lowest BCUT2D eigenvalue weighted by Crippen LogP contribution is -2.34. The van der Waals surface area contributed by atoms with Crippen LogP contribution in [0.5, 0.6) is 0 Å². The molecule has 0 aliphatic carbocycles. The number of carbonyl (C=O) groups excluding carboxylic acids is 1. The molecule has 1 unspecified atom stereocenters. The van der Waals surface area contributed by atoms with Crippen molar-refractivity contribution in [1.82, 2.24) is 4.90 Å². The Morgan fingerprint density at radius 3 is 2.56 bits per heavy atom. The lowest BCUT2D eigenvalue weighted by atomic mass is 9.94. The van der Waals surface area contributed by atoms with E-state index >= 15 is 0 Å². The molecule has 2 aromatic rings. The largest absolute Gasteiger partial charge is 0.338 e. The van der Waals surface area contributed by atoms with Crippen LogP contribution in [-0.2, 0) is 0 Å². The average molecular weight is 342 g/mol. The Bertz CT molecular complexity index is 776. The maximum Gasteiger partial charge on any atom is 0.282 e. The van der Waals surface area contributed by atoms with E-state index in [1.54, 1.807) is 29.2 Å². The molecule has 2 aromatic carbocycles. The quantitative estimate of drug-likeness (QED) is 0.622. The average Bonchev–Trinajstić information content (AvgIpc) is 2.88. The molecule has 1 aliphatic rings. The molecule has 0 radical (unpaired) electrons. The van der Waals surface area contributed by atoms with Crippen LogP contribution < -0.4 is 0 Å². The molecule has 25 heavy (non-hydrogen) atoms. The SMILES string of the molecule is O=C(c1ccccc1[N+](=O)[O-])N1CCCCC(c2ccc(F)cc2)C1. The van der Waals surface area contributed by atoms with Crippen LogP contribution in [0.25, 0.3) is 0 Å². The smallest absolute Gasteiger partial charge is 0.282 e. The van der Waals surface area contributed by atoms with Crippen LogP contribution in [0.15, 0.2) is 48.5 Å². The second-order valence-electron chi connectivity index (χ2n) is 6.27. The van der Waals surface area contributed by atoms with Gasteiger partial charge in [0.25, 0.3) is 11.6 Å². The van der Waals surface area contributed by atoms with E-state index in [9.17, 15) is 19.3 Å². The number of hydrogen-bond acceptors (Lipinski definition) is 3. The first-order valence-electron chi connectivity index (χ1n) is 8.34. The highest BCUT2D eigenvalue weighted by molar-refractivity contribution is 5.98. The summed E-state index contributed by atoms with van der Waals surface area (Å²) < 4.78 is 13.2. The zero-order chi connectivity index (χ0) is 17.8. The Labute approximate surface area is 145 Å². The van der Waals surface area contributed by atoms with Gasteiger partial charge in [0.1, 0.15) is 11.4 Å². The summed E-state index contributed by atoms with van der Waals surface area (Å²) in [5, 5.41) is 11.2. The highest BCUT2D eigenvalue weighted by atomic mass is 19.1. The third-order valence-electron chi connectivity index (χ3n) is 4.63. The molecule has 6 heteroatoms. The predicted octanol–water partition coefficient (Wildman–Crippen LogP) is 4.14. The van der Waals surface area contributed by atoms with E-state index in [1.165, 1.54) is 24.3 Å². The fourth-order valence-electron chi connectivity index (χ4n) is 3.32. The number of amides is 1. The summed E-state index contributed by atoms with van der Waals surface area (Å²) in [6, 6.07) is 12.4. The molecule has 0 N–H and O–H groups in total. The molecule has 1 saturated heterocycles. The van der Waals surface area contributed by atoms with Crippen molar-refractivity contribution >= 4 is 11.6 Å². The van der Waals surface area contributed by atoms with Crippen molar-refractivity contribution < 1.29 is 14.1 Å². The number of nitro benzene ring substituents is 1. The molecule has 0 spiro atoms. The number of nitro groups is 1. The Hall–Kier alpha value is -2.76. The van der Waals surface area contributed by atoms with Gasteiger partial charge in [-0.2, -0.15) is 0 Å². The second kappa shape index (κ2) is 7.42. The molecule has 1 aliphatic heterocycles. The fraction of sp³-hybridized carbons (Fsp3) is 0.316. The summed E-state index contributed by atoms with van der Waals surface area (Å²) in [4.78, 5) is 25.2. The molecular weight excluding hydrogens is 323 g/mol. The van der Waals surface area contributed by atoms with Gasteiger partial charge in [-0.1, -0.05) is 30.7 Å². The Kier molecular flexibility index (Phi) is 5.07. The van der Waals surface area contributed by atoms with Crippen LogP contribution in [0.1, 0.15) is 41.1 Å². The number of para-hydroxylation sites is 1. The molecule has 130 valence electrons. The van der Waals surface area contributed by atoms with Crippen LogP contribution in [0, 0.1) is 15.9 Å². The first-order chi connectivity index (χ1) is 12.1. The number of carbonyl (C=O) groups is 1. The minimum atomic E-state index is -0.525. The summed E-state index contributed by atoms with van der Waals surface area (Å²) in [6.45, 7) is 1.05. The van der Waals surface area contributed by atoms with Gasteiger partial charge in [0.2, 0.25) is 0 Å². The van der Waals surface area contributed by atoms with Crippen molar-refractivity contribution in [3.8, 4) is 0 Å². The van der Waals surface area contributed by atoms with Crippen LogP contribution in [-0.4, -0.2) is 28.8 Å². The van der Waals surface area contributed by atoms with E-state index in [1.807, 2.05) is 0 Å². The zero-order valence-electron chi connectivity index (χ0n) is 13.7. The van der Waals surface area contributed by atoms with Crippen LogP contribution in [0.3, 0.4) is 0 Å². The van der Waals surface area contributed by atoms with Gasteiger partial charge in [0.05, 0.1) is 4.92 Å². The molecule has 1 atom stereocenters. The molecule has 0 saturated carbocycles. The molecular formula is C19H19FN2O3. The summed E-state index contributed by atoms with van der Waals surface area (Å²) in [5.74, 6) is -0.499. The number of likely N-dealkylation sites (tertiary alicyclic amines) is 1. The van der Waals surface area contributed by atoms with E-state index in [4.69, 9.17) is 0 Å². The fourth-order valence-corrected chi connectivity index (χ4v) is 3.32. The standard InChI is InChI=1S/C19H19FN2O3/c20-16-10-8-14(9-11-16)15-5-3-4-12-21(13-15)19(23)17-6-1-2-7-18(17)22(24)25/h1-2,6-11,15H,3-5,12-13H2. The predicted molar refractivity (Wildman–Crippen MR) is 92.0 cm³/mol. The molecule has 1 heterocycles. The molecule has 3 rings (SSSR count). The topological polar surface area (TPSA) is 63.4 Å². The van der Waals surface area contributed by atoms with Crippen molar-refractivity contribution in [2.75, 3.05) is 13.1 Å². The summed E-state index contributed by atoms with van der Waals surface area (Å²) in [5.41, 5.74) is 0.936. The molecule has 0 bridgehead atoms. The Morgan fingerprint density at radius 2 is 1.84 bits per heavy atom. The number of hydrogen-bond donors (Lipinski definition) is 0. The monoisotopic (exact) mass is 342 g/mol. The highest BCUT2D eigenvalue weighted by Crippen LogP contribution is 2.28. The maximum atomic E-state index is 13.2. The van der Waals surface area contributed by atoms with Crippen LogP contribution >= 0.6 is 0 Å². The van der Waals surface area contributed by atoms with Gasteiger partial charge in [-0.25, -0.2) is 4.39 Å². The van der Waals surface area contributed by atoms with Gasteiger partial charge in [0, 0.05) is 25.1 Å². The van der Waals surface area contributed by atoms with Crippen LogP contribution in [0.2, 0.25) is 0 Å². The van der Waals surface area contributed by atoms with Crippen molar-refractivity contribution in [2.24, 2.45) is 0 Å². The summed E-state index contributed by atoms with van der Waals surface area (Å²) in [7, 11) is 0. The van der Waals surface area contributed by atoms with E-state index < -0.39 is 4.92 Å². The minimum Gasteiger partial charge on any atom is -0.338 e. The molecule has 5 nitrogen and oxygen atoms in total. The number of halogens is 1. The Balaban J connectivity index is 1.85. The lowest BCUT2D eigenvalue weighted by Gasteiger charge is -2.25. The van der Waals surface area contributed by atoms with Crippen molar-refractivity contribution in [2.45, 2.75) is 25.2 Å². The number of rotatable bonds is 3. The number of benzene rings is 2. The molecule has 0 aromatic heterocycles. The third-order valence-corrected chi connectivity index (χ3v) is 4.63. The van der Waals surface area contributed by atoms with Crippen LogP contribution in [0.4, 0.5) is 10.1 Å². The normalized spacial score (nSPS) is 17.8. The summed E-state index contributed by atoms with van der Waals surface area (Å²) in [6.07, 6.45) is 2.72. The van der Waals surface area contributed by atoms with Gasteiger partial charge in [-0.3, -0.25) is 14.9 Å². The van der Waals surface area contributed by atoms with Gasteiger partial charge in [-0.15, -0.1) is 0 Å². The van der Waals surface area contributed by atoms with E-state index in [-0.39, 0.29) is 28.9 Å². The van der Waals surface area contributed by atoms with Crippen molar-refractivity contribution in [1.29, 1.82) is 0 Å². The summed E-state index contributed by atoms with van der Waals surface area (Å²) >= 11 is 0. The van der Waals surface area contributed by atoms with Gasteiger partial charge < -0.3 is 4.90 Å². The van der Waals surface area contributed by atoms with Crippen molar-refractivity contribution in [3.63, 3.8) is 0 Å². The maximum absolute atomic E-state index is 13.2. The van der Waals surface area contributed by atoms with E-state index in [0.717, 1.165) is 24.8 Å². The second-order valence-corrected chi connectivity index (χ2v) is 6.27. The first kappa shape index (κ1) is 17.1. The first-order valence-corrected chi connectivity index (χ1v) is 8.34. The minimum absolute atomic E-state index is 0.106.